The van der Waals surface area contributed by atoms with Gasteiger partial charge in [0.1, 0.15) is 21.6 Å². The quantitative estimate of drug-likeness (QED) is 0.0442. The van der Waals surface area contributed by atoms with Gasteiger partial charge in [-0.25, -0.2) is 52.6 Å². The number of nitrogens with one attached hydrogen (secondary N) is 5. The lowest BCUT2D eigenvalue weighted by atomic mass is 10.0. The number of hydrogen-bond donors (Lipinski definition) is 8. The third-order valence-corrected chi connectivity index (χ3v) is 16.9. The van der Waals surface area contributed by atoms with Crippen molar-refractivity contribution in [1.29, 1.82) is 0 Å². The summed E-state index contributed by atoms with van der Waals surface area (Å²) in [4.78, 5) is 53.7. The van der Waals surface area contributed by atoms with E-state index in [0.29, 0.717) is 62.3 Å². The number of halogens is 2. The number of carbonyl (C=O) groups is 4. The number of sulfonamides is 4. The van der Waals surface area contributed by atoms with E-state index in [1.54, 1.807) is 58.4 Å². The Morgan fingerprint density at radius 3 is 1.34 bits per heavy atom. The standard InChI is InChI=1S/C11H13N3O3S.C10H12N4O3S.C10H13N3O5S.C10H15N3O3S.2HI/c1-6-4-10-9(5-12-13-10)7(2)11(6)18(16,17)14-8(3)15;1-5-4-8-9(12-14-11-8)6(2)10(5)18(16,17)13-7(3)15;1-5-4-8(11)9(13(15)16)6(2)10(5)19(17,18)12-7(3)14;1-5-4-8(11)9(12)6(2)10(5)17(15,16)13-7(3)14;;/h4H,5H2,1-3H3,(H,14,15);4H,1-3H3,(H,13,15)(H,11,12,14);4H,11H2,1-3H3,(H,12,14);4H,11-12H2,1-3H3,(H,13,14);2*1H. The number of H-pyrrole nitrogens is 1. The van der Waals surface area contributed by atoms with Gasteiger partial charge in [-0.15, -0.1) is 48.0 Å². The van der Waals surface area contributed by atoms with Crippen molar-refractivity contribution >= 4 is 151 Å². The largest absolute Gasteiger partial charge is 0.397 e. The molecule has 11 N–H and O–H groups in total. The Morgan fingerprint density at radius 2 is 0.919 bits per heavy atom. The Labute approximate surface area is 460 Å². The molecule has 4 aromatic carbocycles. The zero-order valence-corrected chi connectivity index (χ0v) is 49.6. The van der Waals surface area contributed by atoms with E-state index in [2.05, 4.69) is 25.6 Å². The van der Waals surface area contributed by atoms with Crippen molar-refractivity contribution in [3.05, 3.63) is 84.5 Å². The van der Waals surface area contributed by atoms with E-state index in [4.69, 9.17) is 17.2 Å². The van der Waals surface area contributed by atoms with Crippen LogP contribution in [0, 0.1) is 65.5 Å². The summed E-state index contributed by atoms with van der Waals surface area (Å²) < 4.78 is 104. The van der Waals surface area contributed by atoms with Crippen LogP contribution in [0.25, 0.3) is 11.0 Å². The minimum absolute atomic E-state index is 0. The Balaban J connectivity index is 0.000000489. The van der Waals surface area contributed by atoms with Gasteiger partial charge in [0.15, 0.2) is 0 Å². The molecule has 33 heteroatoms. The fourth-order valence-corrected chi connectivity index (χ4v) is 13.5. The van der Waals surface area contributed by atoms with Crippen LogP contribution in [0.2, 0.25) is 0 Å². The van der Waals surface area contributed by atoms with Crippen LogP contribution in [0.3, 0.4) is 0 Å². The number of nitrogens with two attached hydrogens (primary N) is 3. The molecule has 1 aliphatic rings. The topological polar surface area (TPSA) is 440 Å². The van der Waals surface area contributed by atoms with Gasteiger partial charge < -0.3 is 17.2 Å². The van der Waals surface area contributed by atoms with E-state index < -0.39 is 74.3 Å². The molecule has 0 spiro atoms. The summed E-state index contributed by atoms with van der Waals surface area (Å²) in [5.41, 5.74) is 22.4. The fraction of sp³-hybridized carbons (Fsp3) is 0.317. The number of nitro groups is 1. The first kappa shape index (κ1) is 65.8. The van der Waals surface area contributed by atoms with Gasteiger partial charge in [0, 0.05) is 38.8 Å². The molecule has 0 bridgehead atoms. The van der Waals surface area contributed by atoms with Gasteiger partial charge in [0.25, 0.3) is 45.8 Å². The van der Waals surface area contributed by atoms with Crippen LogP contribution >= 0.6 is 48.0 Å². The van der Waals surface area contributed by atoms with Gasteiger partial charge in [-0.2, -0.15) is 25.6 Å². The summed E-state index contributed by atoms with van der Waals surface area (Å²) in [6.45, 7) is 17.4. The van der Waals surface area contributed by atoms with Crippen LogP contribution in [-0.4, -0.2) is 77.6 Å². The summed E-state index contributed by atoms with van der Waals surface area (Å²) in [7, 11) is -15.7. The Hall–Kier alpha value is -6.18. The number of fused-ring (bicyclic) bond motifs is 2. The van der Waals surface area contributed by atoms with Crippen molar-refractivity contribution in [2.75, 3.05) is 17.2 Å². The predicted molar refractivity (Wildman–Crippen MR) is 294 cm³/mol. The molecule has 2 heterocycles. The first-order valence-corrected chi connectivity index (χ1v) is 26.5. The van der Waals surface area contributed by atoms with Crippen molar-refractivity contribution in [2.45, 2.75) is 109 Å². The molecule has 0 unspecified atom stereocenters. The number of nitrogens with zero attached hydrogens (tertiary/aromatic N) is 5. The number of rotatable bonds is 9. The number of carbonyl (C=O) groups excluding carboxylic acids is 4. The second-order valence-electron chi connectivity index (χ2n) is 16.0. The van der Waals surface area contributed by atoms with Crippen LogP contribution in [0.5, 0.6) is 0 Å². The molecule has 27 nitrogen and oxygen atoms in total. The molecular formula is C41H55I2N13O14S4. The van der Waals surface area contributed by atoms with E-state index in [1.165, 1.54) is 32.9 Å². The second-order valence-corrected chi connectivity index (χ2v) is 22.5. The number of hydrogen-bond acceptors (Lipinski definition) is 21. The number of benzene rings is 4. The van der Waals surface area contributed by atoms with Crippen LogP contribution in [0.15, 0.2) is 54.1 Å². The van der Waals surface area contributed by atoms with Crippen LogP contribution in [0.4, 0.5) is 28.4 Å². The lowest BCUT2D eigenvalue weighted by molar-refractivity contribution is -0.384. The zero-order valence-electron chi connectivity index (χ0n) is 41.6. The number of azo groups is 1. The third kappa shape index (κ3) is 15.4. The Morgan fingerprint density at radius 1 is 0.554 bits per heavy atom. The van der Waals surface area contributed by atoms with E-state index >= 15 is 0 Å². The number of aromatic nitrogens is 3. The molecule has 0 aliphatic carbocycles. The molecule has 406 valence electrons. The van der Waals surface area contributed by atoms with E-state index in [1.807, 2.05) is 14.2 Å². The van der Waals surface area contributed by atoms with Gasteiger partial charge >= 0.3 is 0 Å². The number of nitrogen functional groups attached to an aromatic ring is 3. The Kier molecular flexibility index (Phi) is 22.6. The summed E-state index contributed by atoms with van der Waals surface area (Å²) in [5, 5.41) is 29.0. The molecule has 0 radical (unpaired) electrons. The molecule has 5 aromatic rings. The Bertz CT molecular complexity index is 3590. The highest BCUT2D eigenvalue weighted by molar-refractivity contribution is 14.0. The van der Waals surface area contributed by atoms with Crippen molar-refractivity contribution in [1.82, 2.24) is 34.3 Å². The van der Waals surface area contributed by atoms with Gasteiger partial charge in [-0.1, -0.05) is 0 Å². The number of aromatic amines is 1. The molecule has 1 aromatic heterocycles. The summed E-state index contributed by atoms with van der Waals surface area (Å²) in [6.07, 6.45) is 0. The number of aryl methyl sites for hydroxylation is 5. The maximum absolute atomic E-state index is 12.1. The number of amides is 4. The summed E-state index contributed by atoms with van der Waals surface area (Å²) >= 11 is 0. The van der Waals surface area contributed by atoms with E-state index in [-0.39, 0.29) is 90.0 Å². The number of nitro benzene ring substituents is 1. The summed E-state index contributed by atoms with van der Waals surface area (Å²) in [5.74, 6) is -2.67. The first-order chi connectivity index (χ1) is 32.9. The molecule has 74 heavy (non-hydrogen) atoms. The average molecular weight is 1340 g/mol. The number of anilines is 3. The molecule has 4 amide bonds. The lowest BCUT2D eigenvalue weighted by Crippen LogP contribution is -2.29. The molecule has 0 saturated heterocycles. The monoisotopic (exact) mass is 1340 g/mol. The molecule has 0 saturated carbocycles. The molecule has 0 atom stereocenters. The predicted octanol–water partition coefficient (Wildman–Crippen LogP) is 4.27. The highest BCUT2D eigenvalue weighted by Crippen LogP contribution is 2.36. The first-order valence-electron chi connectivity index (χ1n) is 20.5. The molecule has 1 aliphatic heterocycles. The van der Waals surface area contributed by atoms with Crippen molar-refractivity contribution in [2.24, 2.45) is 10.2 Å². The van der Waals surface area contributed by atoms with Crippen molar-refractivity contribution in [3.63, 3.8) is 0 Å². The lowest BCUT2D eigenvalue weighted by Gasteiger charge is -2.14. The SMILES string of the molecule is CC(=O)NS(=O)(=O)c1c(C)cc(N)c(N)c1C.CC(=O)NS(=O)(=O)c1c(C)cc(N)c([N+](=O)[O-])c1C.CC(=O)NS(=O)(=O)c1c(C)cc2c(c1C)CN=N2.CC(=O)NS(=O)(=O)c1c(C)cc2n[nH]nc2c1C.I.I. The molecular weight excluding hydrogens is 1280 g/mol. The van der Waals surface area contributed by atoms with E-state index in [0.717, 1.165) is 26.3 Å². The molecule has 6 rings (SSSR count). The van der Waals surface area contributed by atoms with Gasteiger partial charge in [-0.3, -0.25) is 29.3 Å². The maximum Gasteiger partial charge on any atom is 0.296 e. The van der Waals surface area contributed by atoms with Gasteiger partial charge in [-0.05, 0) is 119 Å². The van der Waals surface area contributed by atoms with Gasteiger partial charge in [0.05, 0.1) is 43.2 Å². The van der Waals surface area contributed by atoms with E-state index in [9.17, 15) is 63.0 Å². The normalized spacial score (nSPS) is 11.6. The van der Waals surface area contributed by atoms with Gasteiger partial charge in [0.2, 0.25) is 23.6 Å². The second kappa shape index (κ2) is 25.4. The zero-order chi connectivity index (χ0) is 55.3. The van der Waals surface area contributed by atoms with Crippen LogP contribution in [0.1, 0.15) is 77.8 Å². The minimum atomic E-state index is -4.15. The molecule has 0 fully saturated rings. The smallest absolute Gasteiger partial charge is 0.296 e. The van der Waals surface area contributed by atoms with Crippen molar-refractivity contribution < 1.29 is 57.8 Å². The highest BCUT2D eigenvalue weighted by Gasteiger charge is 2.30. The maximum atomic E-state index is 12.1. The highest BCUT2D eigenvalue weighted by atomic mass is 127. The van der Waals surface area contributed by atoms with Crippen molar-refractivity contribution in [3.8, 4) is 0 Å². The van der Waals surface area contributed by atoms with Crippen LogP contribution in [-0.2, 0) is 65.8 Å². The summed E-state index contributed by atoms with van der Waals surface area (Å²) in [6, 6.07) is 5.95. The minimum Gasteiger partial charge on any atom is -0.397 e. The van der Waals surface area contributed by atoms with Crippen LogP contribution < -0.4 is 36.1 Å². The fourth-order valence-electron chi connectivity index (χ4n) is 7.60. The third-order valence-electron chi connectivity index (χ3n) is 10.1. The average Bonchev–Trinajstić information content (AvgIpc) is 3.85.